The molecule has 0 saturated heterocycles. The summed E-state index contributed by atoms with van der Waals surface area (Å²) in [7, 11) is 0. The molecule has 4 nitrogen and oxygen atoms in total. The van der Waals surface area contributed by atoms with Crippen LogP contribution in [0.15, 0.2) is 42.5 Å². The highest BCUT2D eigenvalue weighted by Crippen LogP contribution is 2.40. The van der Waals surface area contributed by atoms with Gasteiger partial charge in [-0.2, -0.15) is 0 Å². The van der Waals surface area contributed by atoms with Crippen molar-refractivity contribution in [3.63, 3.8) is 0 Å². The molecule has 4 rings (SSSR count). The van der Waals surface area contributed by atoms with Crippen LogP contribution in [0.5, 0.6) is 0 Å². The van der Waals surface area contributed by atoms with Gasteiger partial charge in [0, 0.05) is 22.9 Å². The van der Waals surface area contributed by atoms with Gasteiger partial charge in [-0.25, -0.2) is 0 Å². The first kappa shape index (κ1) is 17.7. The summed E-state index contributed by atoms with van der Waals surface area (Å²) >= 11 is 1.54. The maximum Gasteiger partial charge on any atom is 0.258 e. The number of carbonyl (C=O) groups is 2. The molecule has 1 aliphatic carbocycles. The molecule has 0 radical (unpaired) electrons. The maximum absolute atomic E-state index is 13.2. The van der Waals surface area contributed by atoms with Crippen molar-refractivity contribution in [3.05, 3.63) is 58.5 Å². The molecular formula is C22H22N2O2S. The highest BCUT2D eigenvalue weighted by Gasteiger charge is 2.28. The maximum atomic E-state index is 13.2. The van der Waals surface area contributed by atoms with Gasteiger partial charge in [0.2, 0.25) is 5.91 Å². The smallest absolute Gasteiger partial charge is 0.258 e. The lowest BCUT2D eigenvalue weighted by molar-refractivity contribution is -0.114. The van der Waals surface area contributed by atoms with Gasteiger partial charge >= 0.3 is 0 Å². The van der Waals surface area contributed by atoms with Gasteiger partial charge in [0.25, 0.3) is 5.91 Å². The Labute approximate surface area is 162 Å². The normalized spacial score (nSPS) is 16.0. The zero-order valence-corrected chi connectivity index (χ0v) is 16.3. The number of hydrogen-bond acceptors (Lipinski definition) is 3. The predicted octanol–water partition coefficient (Wildman–Crippen LogP) is 5.24. The number of hydrogen-bond donors (Lipinski definition) is 2. The van der Waals surface area contributed by atoms with E-state index in [4.69, 9.17) is 0 Å². The second-order valence-electron chi connectivity index (χ2n) is 7.22. The molecule has 0 saturated carbocycles. The van der Waals surface area contributed by atoms with Gasteiger partial charge in [-0.15, -0.1) is 11.3 Å². The van der Waals surface area contributed by atoms with E-state index in [1.54, 1.807) is 11.3 Å². The first-order chi connectivity index (χ1) is 13.0. The van der Waals surface area contributed by atoms with E-state index in [1.807, 2.05) is 42.5 Å². The Kier molecular flexibility index (Phi) is 4.70. The summed E-state index contributed by atoms with van der Waals surface area (Å²) in [5.74, 6) is 0.304. The van der Waals surface area contributed by atoms with Crippen LogP contribution in [-0.2, 0) is 17.6 Å². The van der Waals surface area contributed by atoms with Crippen molar-refractivity contribution < 1.29 is 9.59 Å². The number of rotatable bonds is 3. The molecule has 0 aliphatic heterocycles. The quantitative estimate of drug-likeness (QED) is 0.655. The molecule has 27 heavy (non-hydrogen) atoms. The lowest BCUT2D eigenvalue weighted by Crippen LogP contribution is -2.18. The summed E-state index contributed by atoms with van der Waals surface area (Å²) in [5.41, 5.74) is 2.51. The van der Waals surface area contributed by atoms with Gasteiger partial charge in [0.05, 0.1) is 5.56 Å². The van der Waals surface area contributed by atoms with E-state index in [1.165, 1.54) is 11.8 Å². The number of nitrogens with one attached hydrogen (secondary N) is 2. The lowest BCUT2D eigenvalue weighted by Gasteiger charge is -2.19. The van der Waals surface area contributed by atoms with Crippen LogP contribution in [0.1, 0.15) is 41.1 Å². The second kappa shape index (κ2) is 7.16. The molecule has 2 amide bonds. The monoisotopic (exact) mass is 378 g/mol. The fourth-order valence-corrected chi connectivity index (χ4v) is 5.21. The molecule has 0 bridgehead atoms. The summed E-state index contributed by atoms with van der Waals surface area (Å²) in [4.78, 5) is 26.1. The average molecular weight is 378 g/mol. The highest BCUT2D eigenvalue weighted by molar-refractivity contribution is 7.17. The largest absolute Gasteiger partial charge is 0.321 e. The van der Waals surface area contributed by atoms with Crippen LogP contribution in [0.4, 0.5) is 10.7 Å². The summed E-state index contributed by atoms with van der Waals surface area (Å²) < 4.78 is 0. The topological polar surface area (TPSA) is 58.2 Å². The third-order valence-electron chi connectivity index (χ3n) is 5.07. The zero-order valence-electron chi connectivity index (χ0n) is 15.5. The summed E-state index contributed by atoms with van der Waals surface area (Å²) in [6.07, 6.45) is 2.91. The number of carbonyl (C=O) groups excluding carboxylic acids is 2. The third kappa shape index (κ3) is 3.47. The minimum absolute atomic E-state index is 0.151. The van der Waals surface area contributed by atoms with E-state index in [-0.39, 0.29) is 11.8 Å². The molecule has 3 aromatic rings. The SMILES string of the molecule is CC(=O)Nc1sc2c(c1C(=O)Nc1cccc3ccccc13)CC[C@@H](C)C2. The van der Waals surface area contributed by atoms with Crippen LogP contribution >= 0.6 is 11.3 Å². The van der Waals surface area contributed by atoms with Crippen molar-refractivity contribution in [2.75, 3.05) is 10.6 Å². The second-order valence-corrected chi connectivity index (χ2v) is 8.32. The standard InChI is InChI=1S/C22H22N2O2S/c1-13-10-11-17-19(12-13)27-22(23-14(2)25)20(17)21(26)24-18-9-5-7-15-6-3-4-8-16(15)18/h3-9,13H,10-12H2,1-2H3,(H,23,25)(H,24,26)/t13-/m1/s1. The number of fused-ring (bicyclic) bond motifs is 2. The molecule has 0 unspecified atom stereocenters. The fraction of sp³-hybridized carbons (Fsp3) is 0.273. The molecule has 1 aliphatic rings. The Morgan fingerprint density at radius 1 is 1.07 bits per heavy atom. The van der Waals surface area contributed by atoms with Crippen LogP contribution in [0.3, 0.4) is 0 Å². The lowest BCUT2D eigenvalue weighted by atomic mass is 9.88. The van der Waals surface area contributed by atoms with Crippen molar-refractivity contribution in [1.29, 1.82) is 0 Å². The van der Waals surface area contributed by atoms with E-state index < -0.39 is 0 Å². The predicted molar refractivity (Wildman–Crippen MR) is 112 cm³/mol. The van der Waals surface area contributed by atoms with Crippen molar-refractivity contribution in [3.8, 4) is 0 Å². The zero-order chi connectivity index (χ0) is 19.0. The Bertz CT molecular complexity index is 1030. The molecule has 2 N–H and O–H groups in total. The van der Waals surface area contributed by atoms with Crippen LogP contribution in [-0.4, -0.2) is 11.8 Å². The van der Waals surface area contributed by atoms with Crippen molar-refractivity contribution >= 4 is 44.6 Å². The van der Waals surface area contributed by atoms with E-state index in [9.17, 15) is 9.59 Å². The minimum Gasteiger partial charge on any atom is -0.321 e. The molecule has 5 heteroatoms. The Balaban J connectivity index is 1.73. The Morgan fingerprint density at radius 3 is 2.67 bits per heavy atom. The molecule has 138 valence electrons. The number of amides is 2. The van der Waals surface area contributed by atoms with Gasteiger partial charge < -0.3 is 10.6 Å². The average Bonchev–Trinajstić information content (AvgIpc) is 2.98. The number of anilines is 2. The summed E-state index contributed by atoms with van der Waals surface area (Å²) in [6, 6.07) is 13.9. The van der Waals surface area contributed by atoms with Gasteiger partial charge in [-0.1, -0.05) is 43.3 Å². The first-order valence-corrected chi connectivity index (χ1v) is 10.1. The van der Waals surface area contributed by atoms with Crippen molar-refractivity contribution in [2.45, 2.75) is 33.1 Å². The van der Waals surface area contributed by atoms with Crippen molar-refractivity contribution in [1.82, 2.24) is 0 Å². The third-order valence-corrected chi connectivity index (χ3v) is 6.24. The van der Waals surface area contributed by atoms with Crippen LogP contribution in [0.25, 0.3) is 10.8 Å². The highest BCUT2D eigenvalue weighted by atomic mass is 32.1. The molecule has 1 aromatic heterocycles. The van der Waals surface area contributed by atoms with E-state index >= 15 is 0 Å². The fourth-order valence-electron chi connectivity index (χ4n) is 3.76. The van der Waals surface area contributed by atoms with Gasteiger partial charge in [-0.3, -0.25) is 9.59 Å². The number of thiophene rings is 1. The van der Waals surface area contributed by atoms with E-state index in [0.717, 1.165) is 41.3 Å². The molecule has 1 atom stereocenters. The van der Waals surface area contributed by atoms with E-state index in [2.05, 4.69) is 17.6 Å². The molecular weight excluding hydrogens is 356 g/mol. The van der Waals surface area contributed by atoms with Crippen molar-refractivity contribution in [2.24, 2.45) is 5.92 Å². The Hall–Kier alpha value is -2.66. The minimum atomic E-state index is -0.152. The Morgan fingerprint density at radius 2 is 1.85 bits per heavy atom. The molecule has 0 spiro atoms. The van der Waals surface area contributed by atoms with Gasteiger partial charge in [0.15, 0.2) is 0 Å². The summed E-state index contributed by atoms with van der Waals surface area (Å²) in [5, 5.41) is 8.70. The first-order valence-electron chi connectivity index (χ1n) is 9.24. The molecule has 2 aromatic carbocycles. The van der Waals surface area contributed by atoms with Gasteiger partial charge in [0.1, 0.15) is 5.00 Å². The van der Waals surface area contributed by atoms with Crippen LogP contribution in [0.2, 0.25) is 0 Å². The van der Waals surface area contributed by atoms with Crippen LogP contribution < -0.4 is 10.6 Å². The summed E-state index contributed by atoms with van der Waals surface area (Å²) in [6.45, 7) is 3.71. The molecule has 1 heterocycles. The van der Waals surface area contributed by atoms with E-state index in [0.29, 0.717) is 16.5 Å². The van der Waals surface area contributed by atoms with Crippen LogP contribution in [0, 0.1) is 5.92 Å². The number of benzene rings is 2. The van der Waals surface area contributed by atoms with Gasteiger partial charge in [-0.05, 0) is 42.2 Å². The molecule has 0 fully saturated rings.